The molecule has 0 fully saturated rings. The van der Waals surface area contributed by atoms with E-state index in [1.165, 1.54) is 11.1 Å². The van der Waals surface area contributed by atoms with Gasteiger partial charge >= 0.3 is 0 Å². The van der Waals surface area contributed by atoms with Crippen LogP contribution in [0.5, 0.6) is 34.5 Å². The monoisotopic (exact) mass is 994 g/mol. The number of ether oxygens (including phenoxy) is 10. The maximum absolute atomic E-state index is 6.87. The summed E-state index contributed by atoms with van der Waals surface area (Å²) >= 11 is 0. The molecule has 0 saturated carbocycles. The van der Waals surface area contributed by atoms with E-state index in [-0.39, 0.29) is 0 Å². The van der Waals surface area contributed by atoms with Crippen LogP contribution in [0.15, 0.2) is 121 Å². The van der Waals surface area contributed by atoms with Crippen molar-refractivity contribution in [2.24, 2.45) is 0 Å². The van der Waals surface area contributed by atoms with Crippen LogP contribution in [0.1, 0.15) is 55.6 Å². The van der Waals surface area contributed by atoms with Crippen molar-refractivity contribution in [1.82, 2.24) is 16.0 Å². The molecule has 0 atom stereocenters. The summed E-state index contributed by atoms with van der Waals surface area (Å²) in [7, 11) is 0. The predicted molar refractivity (Wildman–Crippen MR) is 282 cm³/mol. The third-order valence-corrected chi connectivity index (χ3v) is 13.0. The molecule has 13 nitrogen and oxygen atoms in total. The van der Waals surface area contributed by atoms with Crippen molar-refractivity contribution in [1.29, 1.82) is 0 Å². The third kappa shape index (κ3) is 15.7. The molecule has 5 aliphatic heterocycles. The van der Waals surface area contributed by atoms with Gasteiger partial charge in [0.2, 0.25) is 0 Å². The molecule has 386 valence electrons. The molecule has 6 aromatic carbocycles. The van der Waals surface area contributed by atoms with E-state index < -0.39 is 0 Å². The molecule has 13 heteroatoms. The lowest BCUT2D eigenvalue weighted by molar-refractivity contribution is -0.00706. The second kappa shape index (κ2) is 28.3. The summed E-state index contributed by atoms with van der Waals surface area (Å²) < 4.78 is 63.5. The highest BCUT2D eigenvalue weighted by Crippen LogP contribution is 2.39. The van der Waals surface area contributed by atoms with Gasteiger partial charge in [0, 0.05) is 65.0 Å². The number of fused-ring (bicyclic) bond motifs is 2. The van der Waals surface area contributed by atoms with Crippen molar-refractivity contribution in [2.45, 2.75) is 38.8 Å². The van der Waals surface area contributed by atoms with E-state index in [2.05, 4.69) is 113 Å². The predicted octanol–water partition coefficient (Wildman–Crippen LogP) is 7.90. The maximum atomic E-state index is 6.87. The number of rotatable bonds is 0. The molecule has 1 aliphatic carbocycles. The smallest absolute Gasteiger partial charge is 0.126 e. The van der Waals surface area contributed by atoms with E-state index in [0.717, 1.165) is 118 Å². The van der Waals surface area contributed by atoms with Crippen LogP contribution < -0.4 is 44.4 Å². The van der Waals surface area contributed by atoms with Crippen LogP contribution in [-0.2, 0) is 57.7 Å². The van der Waals surface area contributed by atoms with Gasteiger partial charge in [-0.1, -0.05) is 97.1 Å². The highest BCUT2D eigenvalue weighted by Gasteiger charge is 2.22. The largest absolute Gasteiger partial charge is 0.491 e. The first kappa shape index (κ1) is 51.7. The minimum Gasteiger partial charge on any atom is -0.491 e. The minimum atomic E-state index is 0.347. The number of nitrogens with one attached hydrogen (secondary N) is 3. The first-order valence-electron chi connectivity index (χ1n) is 26.0. The zero-order chi connectivity index (χ0) is 49.5. The number of para-hydroxylation sites is 4. The topological polar surface area (TPSA) is 128 Å². The van der Waals surface area contributed by atoms with Gasteiger partial charge in [-0.3, -0.25) is 0 Å². The van der Waals surface area contributed by atoms with Gasteiger partial charge in [0.25, 0.3) is 0 Å². The zero-order valence-corrected chi connectivity index (χ0v) is 42.1. The molecule has 0 aromatic heterocycles. The van der Waals surface area contributed by atoms with Crippen molar-refractivity contribution in [3.8, 4) is 34.5 Å². The SMILES string of the molecule is c1cc2c3c(c1)Cc1cccc4c1OCCOc1ccc(cc1)CNCCNCCNCc1ccc(cc1)OCCOc1c(cccc1Cc1cccc(c1OCCOCCOCCOCCOCCO3)C4)C2. The number of hydrogen-bond acceptors (Lipinski definition) is 13. The second-order valence-corrected chi connectivity index (χ2v) is 18.3. The molecular weight excluding hydrogens is 923 g/mol. The van der Waals surface area contributed by atoms with Gasteiger partial charge in [0.1, 0.15) is 74.1 Å². The maximum Gasteiger partial charge on any atom is 0.126 e. The molecular formula is C60H71N3O10. The highest BCUT2D eigenvalue weighted by molar-refractivity contribution is 5.56. The second-order valence-electron chi connectivity index (χ2n) is 18.3. The fourth-order valence-electron chi connectivity index (χ4n) is 9.35. The minimum absolute atomic E-state index is 0.347. The van der Waals surface area contributed by atoms with E-state index in [1.807, 2.05) is 24.3 Å². The molecule has 0 unspecified atom stereocenters. The van der Waals surface area contributed by atoms with E-state index in [1.54, 1.807) is 0 Å². The van der Waals surface area contributed by atoms with Crippen molar-refractivity contribution in [3.05, 3.63) is 177 Å². The normalized spacial score (nSPS) is 17.6. The average molecular weight is 994 g/mol. The Morgan fingerprint density at radius 3 is 0.795 bits per heavy atom. The first-order valence-corrected chi connectivity index (χ1v) is 26.0. The number of hydrogen-bond donors (Lipinski definition) is 3. The summed E-state index contributed by atoms with van der Waals surface area (Å²) in [5, 5.41) is 10.6. The van der Waals surface area contributed by atoms with Crippen molar-refractivity contribution in [3.63, 3.8) is 0 Å². The van der Waals surface area contributed by atoms with Crippen molar-refractivity contribution < 1.29 is 47.4 Å². The Labute approximate surface area is 430 Å². The van der Waals surface area contributed by atoms with E-state index in [9.17, 15) is 0 Å². The molecule has 6 aliphatic rings. The third-order valence-electron chi connectivity index (χ3n) is 13.0. The van der Waals surface area contributed by atoms with Crippen LogP contribution in [0.3, 0.4) is 0 Å². The van der Waals surface area contributed by atoms with E-state index in [4.69, 9.17) is 47.4 Å². The lowest BCUT2D eigenvalue weighted by atomic mass is 9.91. The van der Waals surface area contributed by atoms with Crippen LogP contribution >= 0.6 is 0 Å². The zero-order valence-electron chi connectivity index (χ0n) is 42.1. The molecule has 73 heavy (non-hydrogen) atoms. The molecule has 12 rings (SSSR count). The van der Waals surface area contributed by atoms with Gasteiger partial charge < -0.3 is 63.3 Å². The first-order chi connectivity index (χ1) is 36.2. The van der Waals surface area contributed by atoms with Crippen LogP contribution in [0.4, 0.5) is 0 Å². The summed E-state index contributed by atoms with van der Waals surface area (Å²) in [6.45, 7) is 10.8. The van der Waals surface area contributed by atoms with Gasteiger partial charge in [-0.2, -0.15) is 0 Å². The molecule has 3 N–H and O–H groups in total. The Balaban J connectivity index is 1.09. The molecule has 0 radical (unpaired) electrons. The summed E-state index contributed by atoms with van der Waals surface area (Å²) in [5.41, 5.74) is 10.7. The molecule has 6 aromatic rings. The van der Waals surface area contributed by atoms with Crippen LogP contribution in [0, 0.1) is 0 Å². The molecule has 0 amide bonds. The van der Waals surface area contributed by atoms with Gasteiger partial charge in [-0.25, -0.2) is 0 Å². The lowest BCUT2D eigenvalue weighted by Crippen LogP contribution is -2.32. The van der Waals surface area contributed by atoms with Gasteiger partial charge in [-0.05, 0) is 79.9 Å². The van der Waals surface area contributed by atoms with E-state index >= 15 is 0 Å². The summed E-state index contributed by atoms with van der Waals surface area (Å²) in [4.78, 5) is 0. The van der Waals surface area contributed by atoms with Gasteiger partial charge in [-0.15, -0.1) is 0 Å². The van der Waals surface area contributed by atoms with Crippen LogP contribution in [0.2, 0.25) is 0 Å². The molecule has 5 heterocycles. The standard InChI is InChI=1S/C60H71N3O10/c1-5-47-39-51-9-3-11-53-41-49-7-2-8-50-42-54-12-4-10-52(40-48(6-1)57(47)70-33-31-66-29-27-64-25-26-65-28-30-67-32-34-71-58(49)50)60(54)73-38-36-69-56-19-15-46(16-20-56)44-63-24-22-61-21-23-62-43-45-13-17-55(18-14-45)68-35-37-72-59(51)53/h1-20,61-63H,21-44H2. The number of benzene rings is 6. The molecule has 16 bridgehead atoms. The quantitative estimate of drug-likeness (QED) is 0.136. The highest BCUT2D eigenvalue weighted by atomic mass is 16.6. The van der Waals surface area contributed by atoms with Crippen molar-refractivity contribution >= 4 is 0 Å². The summed E-state index contributed by atoms with van der Waals surface area (Å²) in [6, 6.07) is 42.3. The molecule has 0 saturated heterocycles. The summed E-state index contributed by atoms with van der Waals surface area (Å²) in [5.74, 6) is 4.90. The van der Waals surface area contributed by atoms with Crippen molar-refractivity contribution in [2.75, 3.05) is 119 Å². The molecule has 0 spiro atoms. The Hall–Kier alpha value is -6.16. The average Bonchev–Trinajstić information content (AvgIpc) is 3.40. The van der Waals surface area contributed by atoms with Crippen LogP contribution in [-0.4, -0.2) is 119 Å². The fourth-order valence-corrected chi connectivity index (χ4v) is 9.35. The van der Waals surface area contributed by atoms with Gasteiger partial charge in [0.15, 0.2) is 0 Å². The van der Waals surface area contributed by atoms with E-state index in [0.29, 0.717) is 118 Å². The summed E-state index contributed by atoms with van der Waals surface area (Å²) in [6.07, 6.45) is 2.26. The fraction of sp³-hybridized carbons (Fsp3) is 0.400. The Morgan fingerprint density at radius 2 is 0.493 bits per heavy atom. The Kier molecular flexibility index (Phi) is 20.1. The Bertz CT molecular complexity index is 2350. The lowest BCUT2D eigenvalue weighted by Gasteiger charge is -2.23. The van der Waals surface area contributed by atoms with Crippen LogP contribution in [0.25, 0.3) is 0 Å². The Morgan fingerprint density at radius 1 is 0.247 bits per heavy atom. The van der Waals surface area contributed by atoms with Gasteiger partial charge in [0.05, 0.1) is 52.9 Å².